The number of carbonyl (C=O) groups is 1. The molecule has 0 fully saturated rings. The maximum Gasteiger partial charge on any atom is 0.305 e. The zero-order chi connectivity index (χ0) is 11.5. The number of nitrogens with zero attached hydrogens (tertiary/aromatic N) is 1. The number of methoxy groups -OCH3 is 1. The van der Waals surface area contributed by atoms with Gasteiger partial charge in [0, 0.05) is 17.2 Å². The number of hydrogen-bond acceptors (Lipinski definition) is 4. The van der Waals surface area contributed by atoms with Crippen molar-refractivity contribution in [3.63, 3.8) is 0 Å². The molecule has 0 aliphatic carbocycles. The SMILES string of the molecule is COC(=O)CCc1nc(C(C)(C)C)cs1. The van der Waals surface area contributed by atoms with Crippen LogP contribution in [-0.4, -0.2) is 18.1 Å². The molecule has 1 aromatic heterocycles. The van der Waals surface area contributed by atoms with E-state index in [4.69, 9.17) is 0 Å². The number of hydrogen-bond donors (Lipinski definition) is 0. The average molecular weight is 227 g/mol. The van der Waals surface area contributed by atoms with Gasteiger partial charge >= 0.3 is 5.97 Å². The molecule has 1 rings (SSSR count). The largest absolute Gasteiger partial charge is 0.469 e. The molecule has 0 saturated heterocycles. The number of aryl methyl sites for hydroxylation is 1. The first kappa shape index (κ1) is 12.2. The fraction of sp³-hybridized carbons (Fsp3) is 0.636. The first-order valence-corrected chi connectivity index (χ1v) is 5.83. The minimum atomic E-state index is -0.178. The van der Waals surface area contributed by atoms with E-state index in [0.29, 0.717) is 12.8 Å². The molecule has 0 spiro atoms. The highest BCUT2D eigenvalue weighted by atomic mass is 32.1. The van der Waals surface area contributed by atoms with Crippen molar-refractivity contribution in [3.8, 4) is 0 Å². The third-order valence-corrected chi connectivity index (χ3v) is 3.00. The second-order valence-corrected chi connectivity index (χ2v) is 5.40. The molecule has 0 N–H and O–H groups in total. The van der Waals surface area contributed by atoms with Gasteiger partial charge in [0.1, 0.15) is 0 Å². The van der Waals surface area contributed by atoms with Crippen LogP contribution in [0.1, 0.15) is 37.9 Å². The van der Waals surface area contributed by atoms with Crippen LogP contribution in [0.2, 0.25) is 0 Å². The highest BCUT2D eigenvalue weighted by Gasteiger charge is 2.17. The summed E-state index contributed by atoms with van der Waals surface area (Å²) in [7, 11) is 1.41. The zero-order valence-corrected chi connectivity index (χ0v) is 10.5. The number of carbonyl (C=O) groups excluding carboxylic acids is 1. The third-order valence-electron chi connectivity index (χ3n) is 2.09. The van der Waals surface area contributed by atoms with Gasteiger partial charge in [0.15, 0.2) is 0 Å². The molecule has 0 aliphatic rings. The van der Waals surface area contributed by atoms with E-state index in [1.165, 1.54) is 7.11 Å². The zero-order valence-electron chi connectivity index (χ0n) is 9.66. The van der Waals surface area contributed by atoms with E-state index >= 15 is 0 Å². The Balaban J connectivity index is 2.58. The molecule has 0 bridgehead atoms. The third kappa shape index (κ3) is 3.63. The van der Waals surface area contributed by atoms with E-state index in [1.54, 1.807) is 11.3 Å². The van der Waals surface area contributed by atoms with Gasteiger partial charge in [0.2, 0.25) is 0 Å². The van der Waals surface area contributed by atoms with E-state index in [0.717, 1.165) is 10.7 Å². The first-order valence-electron chi connectivity index (χ1n) is 4.95. The Morgan fingerprint density at radius 2 is 2.20 bits per heavy atom. The molecule has 0 aliphatic heterocycles. The summed E-state index contributed by atoms with van der Waals surface area (Å²) in [5, 5.41) is 3.07. The van der Waals surface area contributed by atoms with E-state index < -0.39 is 0 Å². The van der Waals surface area contributed by atoms with Crippen molar-refractivity contribution in [2.24, 2.45) is 0 Å². The van der Waals surface area contributed by atoms with Crippen molar-refractivity contribution in [2.45, 2.75) is 39.0 Å². The molecule has 0 aromatic carbocycles. The molecule has 1 aromatic rings. The number of esters is 1. The molecule has 84 valence electrons. The highest BCUT2D eigenvalue weighted by molar-refractivity contribution is 7.09. The van der Waals surface area contributed by atoms with E-state index in [-0.39, 0.29) is 11.4 Å². The summed E-state index contributed by atoms with van der Waals surface area (Å²) in [6, 6.07) is 0. The van der Waals surface area contributed by atoms with Gasteiger partial charge in [-0.2, -0.15) is 0 Å². The van der Waals surface area contributed by atoms with Crippen molar-refractivity contribution in [1.82, 2.24) is 4.98 Å². The second kappa shape index (κ2) is 4.75. The van der Waals surface area contributed by atoms with Crippen LogP contribution in [0.4, 0.5) is 0 Å². The fourth-order valence-electron chi connectivity index (χ4n) is 1.08. The lowest BCUT2D eigenvalue weighted by Gasteiger charge is -2.14. The predicted octanol–water partition coefficient (Wildman–Crippen LogP) is 2.55. The Bertz CT molecular complexity index is 339. The smallest absolute Gasteiger partial charge is 0.305 e. The summed E-state index contributed by atoms with van der Waals surface area (Å²) in [4.78, 5) is 15.4. The van der Waals surface area contributed by atoms with Crippen LogP contribution in [0.15, 0.2) is 5.38 Å². The number of ether oxygens (including phenoxy) is 1. The Kier molecular flexibility index (Phi) is 3.85. The van der Waals surface area contributed by atoms with Crippen LogP contribution >= 0.6 is 11.3 Å². The Morgan fingerprint density at radius 3 is 2.67 bits per heavy atom. The molecule has 0 amide bonds. The van der Waals surface area contributed by atoms with Gasteiger partial charge in [-0.05, 0) is 0 Å². The Hall–Kier alpha value is -0.900. The maximum atomic E-state index is 10.9. The molecular formula is C11H17NO2S. The van der Waals surface area contributed by atoms with Gasteiger partial charge in [0.05, 0.1) is 24.2 Å². The van der Waals surface area contributed by atoms with Crippen LogP contribution in [0.25, 0.3) is 0 Å². The minimum absolute atomic E-state index is 0.0833. The van der Waals surface area contributed by atoms with Crippen LogP contribution in [0.5, 0.6) is 0 Å². The molecule has 15 heavy (non-hydrogen) atoms. The normalized spacial score (nSPS) is 11.5. The lowest BCUT2D eigenvalue weighted by atomic mass is 9.93. The van der Waals surface area contributed by atoms with Gasteiger partial charge in [0.25, 0.3) is 0 Å². The number of thiazole rings is 1. The van der Waals surface area contributed by atoms with Gasteiger partial charge in [-0.3, -0.25) is 4.79 Å². The van der Waals surface area contributed by atoms with Gasteiger partial charge < -0.3 is 4.74 Å². The molecule has 0 radical (unpaired) electrons. The standard InChI is InChI=1S/C11H17NO2S/c1-11(2,3)8-7-15-9(12-8)5-6-10(13)14-4/h7H,5-6H2,1-4H3. The van der Waals surface area contributed by atoms with E-state index in [9.17, 15) is 4.79 Å². The minimum Gasteiger partial charge on any atom is -0.469 e. The Labute approximate surface area is 94.5 Å². The molecule has 1 heterocycles. The van der Waals surface area contributed by atoms with Crippen LogP contribution in [0.3, 0.4) is 0 Å². The van der Waals surface area contributed by atoms with Crippen molar-refractivity contribution >= 4 is 17.3 Å². The summed E-state index contributed by atoms with van der Waals surface area (Å²) in [5.74, 6) is -0.178. The number of aromatic nitrogens is 1. The summed E-state index contributed by atoms with van der Waals surface area (Å²) < 4.78 is 4.58. The number of rotatable bonds is 3. The maximum absolute atomic E-state index is 10.9. The lowest BCUT2D eigenvalue weighted by molar-refractivity contribution is -0.140. The summed E-state index contributed by atoms with van der Waals surface area (Å²) >= 11 is 1.61. The quantitative estimate of drug-likeness (QED) is 0.745. The molecule has 0 unspecified atom stereocenters. The van der Waals surface area contributed by atoms with Gasteiger partial charge in [-0.15, -0.1) is 11.3 Å². The topological polar surface area (TPSA) is 39.2 Å². The van der Waals surface area contributed by atoms with Crippen LogP contribution in [0, 0.1) is 0 Å². The van der Waals surface area contributed by atoms with Crippen molar-refractivity contribution in [2.75, 3.05) is 7.11 Å². The molecule has 4 heteroatoms. The first-order chi connectivity index (χ1) is 6.93. The van der Waals surface area contributed by atoms with Crippen molar-refractivity contribution in [1.29, 1.82) is 0 Å². The van der Waals surface area contributed by atoms with Crippen LogP contribution in [-0.2, 0) is 21.4 Å². The highest BCUT2D eigenvalue weighted by Crippen LogP contribution is 2.24. The summed E-state index contributed by atoms with van der Waals surface area (Å²) in [5.41, 5.74) is 1.17. The lowest BCUT2D eigenvalue weighted by Crippen LogP contribution is -2.11. The molecular weight excluding hydrogens is 210 g/mol. The monoisotopic (exact) mass is 227 g/mol. The second-order valence-electron chi connectivity index (χ2n) is 4.45. The van der Waals surface area contributed by atoms with Gasteiger partial charge in [-0.25, -0.2) is 4.98 Å². The molecule has 0 atom stereocenters. The summed E-state index contributed by atoms with van der Waals surface area (Å²) in [6.07, 6.45) is 1.08. The predicted molar refractivity (Wildman–Crippen MR) is 61.2 cm³/mol. The Morgan fingerprint density at radius 1 is 1.53 bits per heavy atom. The van der Waals surface area contributed by atoms with Crippen molar-refractivity contribution < 1.29 is 9.53 Å². The average Bonchev–Trinajstić information content (AvgIpc) is 2.61. The molecule has 0 saturated carbocycles. The summed E-state index contributed by atoms with van der Waals surface area (Å²) in [6.45, 7) is 6.39. The van der Waals surface area contributed by atoms with E-state index in [1.807, 2.05) is 0 Å². The van der Waals surface area contributed by atoms with E-state index in [2.05, 4.69) is 35.9 Å². The van der Waals surface area contributed by atoms with Crippen LogP contribution < -0.4 is 0 Å². The van der Waals surface area contributed by atoms with Gasteiger partial charge in [-0.1, -0.05) is 20.8 Å². The fourth-order valence-corrected chi connectivity index (χ4v) is 2.11. The molecule has 3 nitrogen and oxygen atoms in total. The van der Waals surface area contributed by atoms with Crippen molar-refractivity contribution in [3.05, 3.63) is 16.1 Å².